The minimum Gasteiger partial charge on any atom is -0.495 e. The number of rotatable bonds is 12. The third kappa shape index (κ3) is 9.43. The van der Waals surface area contributed by atoms with Gasteiger partial charge in [0.15, 0.2) is 0 Å². The van der Waals surface area contributed by atoms with E-state index in [9.17, 15) is 28.8 Å². The van der Waals surface area contributed by atoms with Crippen LogP contribution in [0.25, 0.3) is 11.1 Å². The number of anilines is 1. The van der Waals surface area contributed by atoms with Gasteiger partial charge in [0.05, 0.1) is 19.2 Å². The second-order valence-corrected chi connectivity index (χ2v) is 14.8. The highest BCUT2D eigenvalue weighted by molar-refractivity contribution is 14.1. The predicted molar refractivity (Wildman–Crippen MR) is 203 cm³/mol. The van der Waals surface area contributed by atoms with Crippen molar-refractivity contribution in [2.75, 3.05) is 31.8 Å². The van der Waals surface area contributed by atoms with Crippen molar-refractivity contribution in [1.82, 2.24) is 20.9 Å². The summed E-state index contributed by atoms with van der Waals surface area (Å²) in [5, 5.41) is 7.47. The van der Waals surface area contributed by atoms with Gasteiger partial charge in [-0.05, 0) is 90.7 Å². The zero-order chi connectivity index (χ0) is 38.4. The van der Waals surface area contributed by atoms with Crippen molar-refractivity contribution in [2.45, 2.75) is 64.1 Å². The maximum Gasteiger partial charge on any atom is 0.407 e. The maximum absolute atomic E-state index is 13.5. The molecule has 0 radical (unpaired) electrons. The normalized spacial score (nSPS) is 15.1. The Bertz CT molecular complexity index is 1870. The van der Waals surface area contributed by atoms with Crippen LogP contribution in [0, 0.1) is 3.57 Å². The number of nitrogens with zero attached hydrogens (tertiary/aromatic N) is 2. The lowest BCUT2D eigenvalue weighted by atomic mass is 9.98. The molecule has 1 aliphatic carbocycles. The van der Waals surface area contributed by atoms with Crippen molar-refractivity contribution in [3.63, 3.8) is 0 Å². The van der Waals surface area contributed by atoms with Crippen LogP contribution in [-0.4, -0.2) is 85.3 Å². The number of halogens is 1. The molecule has 1 heterocycles. The number of fused-ring (bicyclic) bond motifs is 3. The van der Waals surface area contributed by atoms with Crippen LogP contribution >= 0.6 is 22.6 Å². The molecule has 53 heavy (non-hydrogen) atoms. The van der Waals surface area contributed by atoms with Gasteiger partial charge in [-0.2, -0.15) is 0 Å². The van der Waals surface area contributed by atoms with Crippen molar-refractivity contribution < 1.29 is 43.0 Å². The number of esters is 1. The highest BCUT2D eigenvalue weighted by atomic mass is 127. The van der Waals surface area contributed by atoms with E-state index in [2.05, 4.69) is 38.5 Å². The zero-order valence-electron chi connectivity index (χ0n) is 30.1. The van der Waals surface area contributed by atoms with Gasteiger partial charge in [-0.1, -0.05) is 48.5 Å². The molecule has 0 saturated carbocycles. The number of hydrogen-bond acceptors (Lipinski definition) is 9. The highest BCUT2D eigenvalue weighted by Gasteiger charge is 2.36. The van der Waals surface area contributed by atoms with E-state index in [1.165, 1.54) is 18.9 Å². The van der Waals surface area contributed by atoms with Gasteiger partial charge in [0.25, 0.3) is 0 Å². The SMILES string of the molecule is COc1ccc(I)cc1N1CCC(=O)N(CNC(=O)[C@H](CC(=O)OC(C)(C)C)NC(=O)[C@H](C)NC(=O)OCC2c3ccccc3-c3ccccc32)C1=O. The second kappa shape index (κ2) is 16.7. The van der Waals surface area contributed by atoms with Gasteiger partial charge in [0.1, 0.15) is 36.7 Å². The number of urea groups is 1. The quantitative estimate of drug-likeness (QED) is 0.173. The van der Waals surface area contributed by atoms with Crippen molar-refractivity contribution in [2.24, 2.45) is 0 Å². The third-order valence-corrected chi connectivity index (χ3v) is 9.32. The molecule has 2 aliphatic rings. The van der Waals surface area contributed by atoms with Crippen LogP contribution in [0.2, 0.25) is 0 Å². The summed E-state index contributed by atoms with van der Waals surface area (Å²) in [7, 11) is 1.47. The van der Waals surface area contributed by atoms with Crippen molar-refractivity contribution in [3.05, 3.63) is 81.4 Å². The Morgan fingerprint density at radius 2 is 1.57 bits per heavy atom. The molecule has 0 spiro atoms. The average molecular weight is 840 g/mol. The van der Waals surface area contributed by atoms with E-state index in [1.807, 2.05) is 54.6 Å². The topological polar surface area (TPSA) is 173 Å². The zero-order valence-corrected chi connectivity index (χ0v) is 32.2. The maximum atomic E-state index is 13.5. The number of imide groups is 1. The summed E-state index contributed by atoms with van der Waals surface area (Å²) in [6, 6.07) is 17.7. The number of methoxy groups -OCH3 is 1. The molecule has 1 aliphatic heterocycles. The number of benzene rings is 3. The van der Waals surface area contributed by atoms with E-state index in [4.69, 9.17) is 14.2 Å². The lowest BCUT2D eigenvalue weighted by Gasteiger charge is -2.35. The first-order chi connectivity index (χ1) is 25.2. The Kier molecular flexibility index (Phi) is 12.3. The molecule has 1 saturated heterocycles. The van der Waals surface area contributed by atoms with Crippen molar-refractivity contribution >= 4 is 64.1 Å². The fourth-order valence-electron chi connectivity index (χ4n) is 6.16. The van der Waals surface area contributed by atoms with Gasteiger partial charge in [0, 0.05) is 22.5 Å². The van der Waals surface area contributed by atoms with Gasteiger partial charge in [-0.3, -0.25) is 24.1 Å². The Morgan fingerprint density at radius 3 is 2.19 bits per heavy atom. The number of carbonyl (C=O) groups excluding carboxylic acids is 6. The smallest absolute Gasteiger partial charge is 0.407 e. The molecule has 280 valence electrons. The van der Waals surface area contributed by atoms with Crippen LogP contribution in [-0.2, 0) is 28.7 Å². The first kappa shape index (κ1) is 39.0. The van der Waals surface area contributed by atoms with Crippen molar-refractivity contribution in [3.8, 4) is 16.9 Å². The van der Waals surface area contributed by atoms with E-state index in [1.54, 1.807) is 32.9 Å². The lowest BCUT2D eigenvalue weighted by Crippen LogP contribution is -2.58. The molecule has 2 atom stereocenters. The monoisotopic (exact) mass is 839 g/mol. The number of carbonyl (C=O) groups is 6. The second-order valence-electron chi connectivity index (χ2n) is 13.6. The number of ether oxygens (including phenoxy) is 3. The van der Waals surface area contributed by atoms with Crippen LogP contribution in [0.4, 0.5) is 15.3 Å². The molecule has 6 amide bonds. The van der Waals surface area contributed by atoms with Gasteiger partial charge in [0.2, 0.25) is 17.7 Å². The fraction of sp³-hybridized carbons (Fsp3) is 0.368. The fourth-order valence-corrected chi connectivity index (χ4v) is 6.64. The van der Waals surface area contributed by atoms with Crippen LogP contribution < -0.4 is 25.6 Å². The Morgan fingerprint density at radius 1 is 0.925 bits per heavy atom. The molecular formula is C38H42IN5O9. The Labute approximate surface area is 321 Å². The molecular weight excluding hydrogens is 797 g/mol. The van der Waals surface area contributed by atoms with E-state index >= 15 is 0 Å². The van der Waals surface area contributed by atoms with Crippen molar-refractivity contribution in [1.29, 1.82) is 0 Å². The molecule has 3 N–H and O–H groups in total. The van der Waals surface area contributed by atoms with E-state index in [0.717, 1.165) is 30.7 Å². The standard InChI is InChI=1S/C38H42IN5O9/c1-22(41-36(49)52-20-28-26-12-8-6-10-24(26)25-11-7-9-13-27(25)28)34(47)42-29(19-33(46)53-38(2,3)4)35(48)40-21-44-32(45)16-17-43(37(44)50)30-18-23(39)14-15-31(30)51-5/h6-15,18,22,28-29H,16-17,19-21H2,1-5H3,(H,40,48)(H,41,49)(H,42,47)/t22-,29-/m0/s1. The largest absolute Gasteiger partial charge is 0.495 e. The van der Waals surface area contributed by atoms with Gasteiger partial charge < -0.3 is 30.2 Å². The average Bonchev–Trinajstić information content (AvgIpc) is 3.42. The number of hydrogen-bond donors (Lipinski definition) is 3. The van der Waals surface area contributed by atoms with Crippen LogP contribution in [0.5, 0.6) is 5.75 Å². The first-order valence-electron chi connectivity index (χ1n) is 17.0. The summed E-state index contributed by atoms with van der Waals surface area (Å²) in [4.78, 5) is 81.1. The van der Waals surface area contributed by atoms with Gasteiger partial charge in [-0.15, -0.1) is 0 Å². The molecule has 14 nitrogen and oxygen atoms in total. The van der Waals surface area contributed by atoms with E-state index < -0.39 is 66.6 Å². The van der Waals surface area contributed by atoms with Crippen LogP contribution in [0.15, 0.2) is 66.7 Å². The molecule has 0 aromatic heterocycles. The van der Waals surface area contributed by atoms with Crippen LogP contribution in [0.3, 0.4) is 0 Å². The summed E-state index contributed by atoms with van der Waals surface area (Å²) in [6.07, 6.45) is -1.44. The van der Waals surface area contributed by atoms with Crippen LogP contribution in [0.1, 0.15) is 57.6 Å². The summed E-state index contributed by atoms with van der Waals surface area (Å²) in [6.45, 7) is 5.96. The summed E-state index contributed by atoms with van der Waals surface area (Å²) >= 11 is 2.10. The first-order valence-corrected chi connectivity index (χ1v) is 18.1. The number of alkyl carbamates (subject to hydrolysis) is 1. The Hall–Kier alpha value is -5.19. The number of amides is 6. The third-order valence-electron chi connectivity index (χ3n) is 8.65. The number of nitrogens with one attached hydrogen (secondary N) is 3. The molecule has 0 bridgehead atoms. The minimum atomic E-state index is -1.48. The summed E-state index contributed by atoms with van der Waals surface area (Å²) in [5.74, 6) is -2.71. The molecule has 15 heteroatoms. The lowest BCUT2D eigenvalue weighted by molar-refractivity contribution is -0.156. The molecule has 1 fully saturated rings. The molecule has 3 aromatic rings. The van der Waals surface area contributed by atoms with E-state index in [0.29, 0.717) is 11.4 Å². The molecule has 5 rings (SSSR count). The van der Waals surface area contributed by atoms with Gasteiger partial charge >= 0.3 is 18.1 Å². The Balaban J connectivity index is 1.22. The van der Waals surface area contributed by atoms with E-state index in [-0.39, 0.29) is 25.5 Å². The minimum absolute atomic E-state index is 0.0205. The molecule has 3 aromatic carbocycles. The summed E-state index contributed by atoms with van der Waals surface area (Å²) < 4.78 is 17.2. The highest BCUT2D eigenvalue weighted by Crippen LogP contribution is 2.44. The predicted octanol–water partition coefficient (Wildman–Crippen LogP) is 4.68. The van der Waals surface area contributed by atoms with Gasteiger partial charge in [-0.25, -0.2) is 14.5 Å². The summed E-state index contributed by atoms with van der Waals surface area (Å²) in [5.41, 5.74) is 3.76. The molecule has 0 unspecified atom stereocenters.